The van der Waals surface area contributed by atoms with E-state index in [0.29, 0.717) is 0 Å². The van der Waals surface area contributed by atoms with E-state index in [4.69, 9.17) is 9.97 Å². The predicted molar refractivity (Wildman–Crippen MR) is 203 cm³/mol. The maximum Gasteiger partial charge on any atom is 0.160 e. The Morgan fingerprint density at radius 1 is 0.417 bits per heavy atom. The van der Waals surface area contributed by atoms with E-state index < -0.39 is 0 Å². The lowest BCUT2D eigenvalue weighted by Crippen LogP contribution is -1.95. The van der Waals surface area contributed by atoms with E-state index in [1.165, 1.54) is 58.8 Å². The van der Waals surface area contributed by atoms with Gasteiger partial charge in [-0.3, -0.25) is 0 Å². The van der Waals surface area contributed by atoms with Crippen molar-refractivity contribution < 1.29 is 0 Å². The van der Waals surface area contributed by atoms with Gasteiger partial charge >= 0.3 is 0 Å². The van der Waals surface area contributed by atoms with Crippen LogP contribution in [0.4, 0.5) is 0 Å². The molecule has 0 saturated heterocycles. The van der Waals surface area contributed by atoms with Gasteiger partial charge in [-0.15, -0.1) is 11.3 Å². The highest BCUT2D eigenvalue weighted by molar-refractivity contribution is 7.27. The van der Waals surface area contributed by atoms with E-state index in [0.717, 1.165) is 33.5 Å². The Hall–Kier alpha value is -6.10. The number of nitrogens with zero attached hydrogens (tertiary/aromatic N) is 3. The highest BCUT2D eigenvalue weighted by Crippen LogP contribution is 2.46. The summed E-state index contributed by atoms with van der Waals surface area (Å²) in [5, 5.41) is 6.14. The molecule has 224 valence electrons. The molecule has 0 amide bonds. The molecule has 10 aromatic rings. The molecule has 3 nitrogen and oxygen atoms in total. The highest BCUT2D eigenvalue weighted by atomic mass is 32.1. The molecule has 0 fully saturated rings. The molecule has 0 aliphatic rings. The van der Waals surface area contributed by atoms with E-state index in [2.05, 4.69) is 162 Å². The van der Waals surface area contributed by atoms with E-state index in [1.54, 1.807) is 0 Å². The van der Waals surface area contributed by atoms with Gasteiger partial charge in [-0.25, -0.2) is 9.97 Å². The molecule has 3 heterocycles. The molecule has 48 heavy (non-hydrogen) atoms. The number of fused-ring (bicyclic) bond motifs is 8. The Kier molecular flexibility index (Phi) is 6.05. The van der Waals surface area contributed by atoms with Crippen LogP contribution in [-0.2, 0) is 0 Å². The lowest BCUT2D eigenvalue weighted by atomic mass is 10.0. The first-order valence-corrected chi connectivity index (χ1v) is 17.0. The highest BCUT2D eigenvalue weighted by Gasteiger charge is 2.20. The summed E-state index contributed by atoms with van der Waals surface area (Å²) in [7, 11) is 0. The standard InChI is InChI=1S/C44H27N3S/c1-3-12-28(13-4-1)29-22-24-30(25-23-29)44-45-37-20-9-7-16-34(37)41(46-44)36-19-11-18-32-33-26-27-39-40(43(33)48-42(32)36)35-17-8-10-21-38(35)47(39)31-14-5-2-6-15-31/h1-27H. The van der Waals surface area contributed by atoms with Crippen LogP contribution >= 0.6 is 11.3 Å². The van der Waals surface area contributed by atoms with Gasteiger partial charge in [-0.2, -0.15) is 0 Å². The third kappa shape index (κ3) is 4.13. The molecule has 0 bridgehead atoms. The van der Waals surface area contributed by atoms with Crippen molar-refractivity contribution in [2.24, 2.45) is 0 Å². The zero-order chi connectivity index (χ0) is 31.6. The van der Waals surface area contributed by atoms with Crippen LogP contribution in [0.2, 0.25) is 0 Å². The smallest absolute Gasteiger partial charge is 0.160 e. The Morgan fingerprint density at radius 3 is 1.90 bits per heavy atom. The van der Waals surface area contributed by atoms with Crippen molar-refractivity contribution in [1.82, 2.24) is 14.5 Å². The van der Waals surface area contributed by atoms with Crippen molar-refractivity contribution in [3.63, 3.8) is 0 Å². The monoisotopic (exact) mass is 629 g/mol. The normalized spacial score (nSPS) is 11.8. The summed E-state index contributed by atoms with van der Waals surface area (Å²) in [6, 6.07) is 58.1. The minimum Gasteiger partial charge on any atom is -0.309 e. The number of aromatic nitrogens is 3. The van der Waals surface area contributed by atoms with E-state index in [-0.39, 0.29) is 0 Å². The zero-order valence-electron chi connectivity index (χ0n) is 25.8. The lowest BCUT2D eigenvalue weighted by molar-refractivity contribution is 1.18. The second-order valence-electron chi connectivity index (χ2n) is 12.2. The van der Waals surface area contributed by atoms with Crippen LogP contribution in [0.15, 0.2) is 164 Å². The van der Waals surface area contributed by atoms with Crippen molar-refractivity contribution in [3.05, 3.63) is 164 Å². The van der Waals surface area contributed by atoms with Crippen LogP contribution in [0, 0.1) is 0 Å². The van der Waals surface area contributed by atoms with Crippen molar-refractivity contribution in [1.29, 1.82) is 0 Å². The number of hydrogen-bond donors (Lipinski definition) is 0. The minimum atomic E-state index is 0.731. The van der Waals surface area contributed by atoms with Gasteiger partial charge in [0.1, 0.15) is 0 Å². The van der Waals surface area contributed by atoms with Crippen molar-refractivity contribution >= 4 is 64.2 Å². The summed E-state index contributed by atoms with van der Waals surface area (Å²) >= 11 is 1.87. The van der Waals surface area contributed by atoms with E-state index in [1.807, 2.05) is 17.4 Å². The molecule has 0 aliphatic carbocycles. The first-order chi connectivity index (χ1) is 23.8. The predicted octanol–water partition coefficient (Wildman–Crippen LogP) is 12.1. The van der Waals surface area contributed by atoms with Crippen molar-refractivity contribution in [2.75, 3.05) is 0 Å². The Bertz CT molecular complexity index is 2810. The average Bonchev–Trinajstić information content (AvgIpc) is 3.71. The van der Waals surface area contributed by atoms with Gasteiger partial charge in [-0.1, -0.05) is 133 Å². The molecule has 0 unspecified atom stereocenters. The van der Waals surface area contributed by atoms with Gasteiger partial charge in [0.2, 0.25) is 0 Å². The molecular formula is C44H27N3S. The average molecular weight is 630 g/mol. The van der Waals surface area contributed by atoms with Crippen LogP contribution < -0.4 is 0 Å². The summed E-state index contributed by atoms with van der Waals surface area (Å²) in [6.45, 7) is 0. The summed E-state index contributed by atoms with van der Waals surface area (Å²) in [5.41, 5.74) is 10.0. The molecule has 0 radical (unpaired) electrons. The molecule has 0 saturated carbocycles. The molecule has 0 N–H and O–H groups in total. The van der Waals surface area contributed by atoms with Crippen LogP contribution in [0.5, 0.6) is 0 Å². The summed E-state index contributed by atoms with van der Waals surface area (Å²) in [5.74, 6) is 0.731. The van der Waals surface area contributed by atoms with Crippen LogP contribution in [0.25, 0.3) is 92.3 Å². The van der Waals surface area contributed by atoms with Gasteiger partial charge in [0.05, 0.1) is 22.2 Å². The van der Waals surface area contributed by atoms with Gasteiger partial charge < -0.3 is 4.57 Å². The van der Waals surface area contributed by atoms with Gasteiger partial charge in [-0.05, 0) is 41.5 Å². The first kappa shape index (κ1) is 27.1. The number of thiophene rings is 1. The molecule has 10 rings (SSSR count). The molecule has 0 atom stereocenters. The van der Waals surface area contributed by atoms with Crippen molar-refractivity contribution in [3.8, 4) is 39.5 Å². The van der Waals surface area contributed by atoms with Crippen LogP contribution in [0.1, 0.15) is 0 Å². The lowest BCUT2D eigenvalue weighted by Gasteiger charge is -2.11. The van der Waals surface area contributed by atoms with Gasteiger partial charge in [0.25, 0.3) is 0 Å². The van der Waals surface area contributed by atoms with Crippen molar-refractivity contribution in [2.45, 2.75) is 0 Å². The Morgan fingerprint density at radius 2 is 1.06 bits per heavy atom. The summed E-state index contributed by atoms with van der Waals surface area (Å²) < 4.78 is 4.93. The second kappa shape index (κ2) is 10.7. The fourth-order valence-corrected chi connectivity index (χ4v) is 8.57. The molecule has 4 heteroatoms. The van der Waals surface area contributed by atoms with Crippen LogP contribution in [-0.4, -0.2) is 14.5 Å². The SMILES string of the molecule is c1ccc(-c2ccc(-c3nc(-c4cccc5c4sc4c5ccc5c4c4ccccc4n5-c4ccccc4)c4ccccc4n3)cc2)cc1. The second-order valence-corrected chi connectivity index (χ2v) is 13.2. The third-order valence-corrected chi connectivity index (χ3v) is 10.7. The maximum atomic E-state index is 5.31. The third-order valence-electron chi connectivity index (χ3n) is 9.42. The van der Waals surface area contributed by atoms with E-state index >= 15 is 0 Å². The largest absolute Gasteiger partial charge is 0.309 e. The number of hydrogen-bond acceptors (Lipinski definition) is 3. The van der Waals surface area contributed by atoms with Gasteiger partial charge in [0.15, 0.2) is 5.82 Å². The number of rotatable bonds is 4. The first-order valence-electron chi connectivity index (χ1n) is 16.2. The zero-order valence-corrected chi connectivity index (χ0v) is 26.7. The molecule has 3 aromatic heterocycles. The maximum absolute atomic E-state index is 5.31. The minimum absolute atomic E-state index is 0.731. The number of para-hydroxylation sites is 3. The molecule has 0 spiro atoms. The Labute approximate surface area is 281 Å². The summed E-state index contributed by atoms with van der Waals surface area (Å²) in [4.78, 5) is 10.4. The van der Waals surface area contributed by atoms with Crippen LogP contribution in [0.3, 0.4) is 0 Å². The number of benzene rings is 7. The summed E-state index contributed by atoms with van der Waals surface area (Å²) in [6.07, 6.45) is 0. The van der Waals surface area contributed by atoms with E-state index in [9.17, 15) is 0 Å². The van der Waals surface area contributed by atoms with Gasteiger partial charge in [0, 0.05) is 53.1 Å². The topological polar surface area (TPSA) is 30.7 Å². The fraction of sp³-hybridized carbons (Fsp3) is 0. The molecule has 0 aliphatic heterocycles. The quantitative estimate of drug-likeness (QED) is 0.194. The molecular weight excluding hydrogens is 603 g/mol. The fourth-order valence-electron chi connectivity index (χ4n) is 7.20. The molecule has 7 aromatic carbocycles. The Balaban J connectivity index is 1.21.